The van der Waals surface area contributed by atoms with Gasteiger partial charge in [-0.15, -0.1) is 0 Å². The lowest BCUT2D eigenvalue weighted by Crippen LogP contribution is -2.27. The summed E-state index contributed by atoms with van der Waals surface area (Å²) in [5.74, 6) is -0.790. The summed E-state index contributed by atoms with van der Waals surface area (Å²) in [6.45, 7) is -0.133. The minimum Gasteiger partial charge on any atom is -0.484 e. The van der Waals surface area contributed by atoms with Crippen LogP contribution in [0.2, 0.25) is 0 Å². The normalized spacial score (nSPS) is 10.2. The number of methoxy groups -OCH3 is 1. The van der Waals surface area contributed by atoms with Crippen LogP contribution in [-0.4, -0.2) is 54.4 Å². The van der Waals surface area contributed by atoms with Gasteiger partial charge in [0.25, 0.3) is 17.3 Å². The van der Waals surface area contributed by atoms with E-state index in [0.29, 0.717) is 11.3 Å². The van der Waals surface area contributed by atoms with Gasteiger partial charge in [-0.3, -0.25) is 25.0 Å². The zero-order valence-corrected chi connectivity index (χ0v) is 17.0. The fraction of sp³-hybridized carbons (Fsp3) is 0.263. The van der Waals surface area contributed by atoms with Crippen LogP contribution >= 0.6 is 0 Å². The molecule has 0 aliphatic heterocycles. The van der Waals surface area contributed by atoms with Crippen LogP contribution in [0.1, 0.15) is 15.9 Å². The number of nitro benzene ring substituents is 2. The maximum absolute atomic E-state index is 12.1. The van der Waals surface area contributed by atoms with E-state index in [4.69, 9.17) is 4.74 Å². The third-order valence-electron chi connectivity index (χ3n) is 4.14. The number of nitro groups is 2. The molecule has 0 spiro atoms. The number of ether oxygens (including phenoxy) is 2. The number of nitrogens with zero attached hydrogens (tertiary/aromatic N) is 3. The summed E-state index contributed by atoms with van der Waals surface area (Å²) < 4.78 is 10.0. The summed E-state index contributed by atoms with van der Waals surface area (Å²) in [4.78, 5) is 46.0. The van der Waals surface area contributed by atoms with Crippen molar-refractivity contribution in [2.75, 3.05) is 33.1 Å². The second kappa shape index (κ2) is 10.0. The summed E-state index contributed by atoms with van der Waals surface area (Å²) >= 11 is 0. The number of amides is 1. The Bertz CT molecular complexity index is 1020. The molecule has 2 aromatic rings. The lowest BCUT2D eigenvalue weighted by Gasteiger charge is -2.13. The molecule has 0 atom stereocenters. The van der Waals surface area contributed by atoms with Crippen molar-refractivity contribution in [2.24, 2.45) is 0 Å². The Hall–Kier alpha value is -4.22. The van der Waals surface area contributed by atoms with Crippen LogP contribution in [0.25, 0.3) is 0 Å². The Labute approximate surface area is 176 Å². The molecule has 0 aliphatic rings. The average Bonchev–Trinajstić information content (AvgIpc) is 2.74. The summed E-state index contributed by atoms with van der Waals surface area (Å²) in [6, 6.07) is 8.29. The van der Waals surface area contributed by atoms with Gasteiger partial charge < -0.3 is 19.7 Å². The minimum absolute atomic E-state index is 0.0292. The zero-order chi connectivity index (χ0) is 23.1. The first-order valence-corrected chi connectivity index (χ1v) is 8.85. The van der Waals surface area contributed by atoms with E-state index in [1.807, 2.05) is 0 Å². The van der Waals surface area contributed by atoms with Gasteiger partial charge in [-0.05, 0) is 17.7 Å². The standard InChI is InChI=1S/C19H20N4O8/c1-21(2)17(24)11-31-14-6-4-5-12(7-14)10-20-18-15(19(25)30-3)8-13(22(26)27)9-16(18)23(28)29/h4-9,20H,10-11H2,1-3H3. The molecule has 2 aromatic carbocycles. The molecule has 0 saturated carbocycles. The highest BCUT2D eigenvalue weighted by molar-refractivity contribution is 5.99. The van der Waals surface area contributed by atoms with Crippen molar-refractivity contribution in [1.29, 1.82) is 0 Å². The number of benzene rings is 2. The van der Waals surface area contributed by atoms with E-state index in [0.717, 1.165) is 19.2 Å². The first kappa shape index (κ1) is 23.1. The van der Waals surface area contributed by atoms with Gasteiger partial charge >= 0.3 is 5.97 Å². The molecule has 0 bridgehead atoms. The van der Waals surface area contributed by atoms with Gasteiger partial charge in [0.1, 0.15) is 11.4 Å². The van der Waals surface area contributed by atoms with Crippen molar-refractivity contribution in [3.63, 3.8) is 0 Å². The largest absolute Gasteiger partial charge is 0.484 e. The van der Waals surface area contributed by atoms with Crippen LogP contribution in [0.3, 0.4) is 0 Å². The Morgan fingerprint density at radius 3 is 2.39 bits per heavy atom. The van der Waals surface area contributed by atoms with E-state index < -0.39 is 27.2 Å². The van der Waals surface area contributed by atoms with E-state index in [-0.39, 0.29) is 30.3 Å². The van der Waals surface area contributed by atoms with Crippen LogP contribution in [0.4, 0.5) is 17.1 Å². The smallest absolute Gasteiger partial charge is 0.340 e. The van der Waals surface area contributed by atoms with Crippen LogP contribution in [0, 0.1) is 20.2 Å². The van der Waals surface area contributed by atoms with Crippen molar-refractivity contribution < 1.29 is 28.9 Å². The highest BCUT2D eigenvalue weighted by Gasteiger charge is 2.28. The Kier molecular flexibility index (Phi) is 7.44. The quantitative estimate of drug-likeness (QED) is 0.357. The Balaban J connectivity index is 2.31. The molecule has 0 radical (unpaired) electrons. The Morgan fingerprint density at radius 2 is 1.81 bits per heavy atom. The third kappa shape index (κ3) is 5.88. The van der Waals surface area contributed by atoms with Crippen LogP contribution in [0.5, 0.6) is 5.75 Å². The second-order valence-electron chi connectivity index (χ2n) is 6.47. The maximum Gasteiger partial charge on any atom is 0.340 e. The molecule has 31 heavy (non-hydrogen) atoms. The first-order valence-electron chi connectivity index (χ1n) is 8.85. The summed E-state index contributed by atoms with van der Waals surface area (Å²) in [7, 11) is 4.26. The summed E-state index contributed by atoms with van der Waals surface area (Å²) in [5, 5.41) is 25.3. The number of carbonyl (C=O) groups is 2. The van der Waals surface area contributed by atoms with Gasteiger partial charge in [0, 0.05) is 26.7 Å². The minimum atomic E-state index is -0.964. The van der Waals surface area contributed by atoms with Crippen molar-refractivity contribution in [3.8, 4) is 5.75 Å². The van der Waals surface area contributed by atoms with Gasteiger partial charge in [-0.1, -0.05) is 12.1 Å². The number of nitrogens with one attached hydrogen (secondary N) is 1. The highest BCUT2D eigenvalue weighted by Crippen LogP contribution is 2.34. The molecule has 0 heterocycles. The molecule has 1 amide bonds. The zero-order valence-electron chi connectivity index (χ0n) is 17.0. The van der Waals surface area contributed by atoms with Crippen molar-refractivity contribution in [1.82, 2.24) is 4.90 Å². The number of rotatable bonds is 9. The van der Waals surface area contributed by atoms with Crippen LogP contribution in [0.15, 0.2) is 36.4 Å². The van der Waals surface area contributed by atoms with Gasteiger partial charge in [0.15, 0.2) is 6.61 Å². The molecule has 0 saturated heterocycles. The van der Waals surface area contributed by atoms with Gasteiger partial charge in [0.2, 0.25) is 0 Å². The van der Waals surface area contributed by atoms with Crippen molar-refractivity contribution >= 4 is 28.9 Å². The molecule has 2 rings (SSSR count). The number of esters is 1. The summed E-state index contributed by atoms with van der Waals surface area (Å²) in [5.41, 5.74) is -1.18. The molecule has 164 valence electrons. The lowest BCUT2D eigenvalue weighted by atomic mass is 10.1. The predicted octanol–water partition coefficient (Wildman–Crippen LogP) is 2.37. The molecule has 1 N–H and O–H groups in total. The number of hydrogen-bond acceptors (Lipinski definition) is 9. The van der Waals surface area contributed by atoms with Crippen molar-refractivity contribution in [3.05, 3.63) is 67.8 Å². The molecule has 0 aliphatic carbocycles. The molecule has 12 nitrogen and oxygen atoms in total. The fourth-order valence-corrected chi connectivity index (χ4v) is 2.53. The number of likely N-dealkylation sites (N-methyl/N-ethyl adjacent to an activating group) is 1. The fourth-order valence-electron chi connectivity index (χ4n) is 2.53. The molecule has 0 unspecified atom stereocenters. The third-order valence-corrected chi connectivity index (χ3v) is 4.14. The average molecular weight is 432 g/mol. The van der Waals surface area contributed by atoms with E-state index >= 15 is 0 Å². The second-order valence-corrected chi connectivity index (χ2v) is 6.47. The van der Waals surface area contributed by atoms with E-state index in [1.165, 1.54) is 4.90 Å². The van der Waals surface area contributed by atoms with E-state index in [2.05, 4.69) is 10.1 Å². The Morgan fingerprint density at radius 1 is 1.10 bits per heavy atom. The number of non-ortho nitro benzene ring substituents is 1. The van der Waals surface area contributed by atoms with Crippen LogP contribution in [-0.2, 0) is 16.1 Å². The predicted molar refractivity (Wildman–Crippen MR) is 109 cm³/mol. The SMILES string of the molecule is COC(=O)c1cc([N+](=O)[O-])cc([N+](=O)[O-])c1NCc1cccc(OCC(=O)N(C)C)c1. The van der Waals surface area contributed by atoms with E-state index in [1.54, 1.807) is 38.4 Å². The maximum atomic E-state index is 12.1. The monoisotopic (exact) mass is 432 g/mol. The molecular formula is C19H20N4O8. The van der Waals surface area contributed by atoms with Gasteiger partial charge in [-0.2, -0.15) is 0 Å². The summed E-state index contributed by atoms with van der Waals surface area (Å²) in [6.07, 6.45) is 0. The lowest BCUT2D eigenvalue weighted by molar-refractivity contribution is -0.393. The molecular weight excluding hydrogens is 412 g/mol. The number of hydrogen-bond donors (Lipinski definition) is 1. The topological polar surface area (TPSA) is 154 Å². The van der Waals surface area contributed by atoms with Crippen molar-refractivity contribution in [2.45, 2.75) is 6.54 Å². The van der Waals surface area contributed by atoms with Gasteiger partial charge in [0.05, 0.1) is 28.6 Å². The van der Waals surface area contributed by atoms with Crippen LogP contribution < -0.4 is 10.1 Å². The molecule has 12 heteroatoms. The molecule has 0 aromatic heterocycles. The number of anilines is 1. The molecule has 0 fully saturated rings. The number of carbonyl (C=O) groups excluding carboxylic acids is 2. The van der Waals surface area contributed by atoms with Gasteiger partial charge in [-0.25, -0.2) is 4.79 Å². The highest BCUT2D eigenvalue weighted by atomic mass is 16.6. The first-order chi connectivity index (χ1) is 14.6. The van der Waals surface area contributed by atoms with E-state index in [9.17, 15) is 29.8 Å².